The third-order valence-electron chi connectivity index (χ3n) is 2.61. The molecule has 0 saturated carbocycles. The van der Waals surface area contributed by atoms with Gasteiger partial charge in [0.2, 0.25) is 0 Å². The molecule has 0 atom stereocenters. The van der Waals surface area contributed by atoms with Crippen molar-refractivity contribution in [3.8, 4) is 11.3 Å². The minimum absolute atomic E-state index is 0.0279. The van der Waals surface area contributed by atoms with E-state index >= 15 is 0 Å². The van der Waals surface area contributed by atoms with Crippen LogP contribution in [-0.2, 0) is 4.74 Å². The van der Waals surface area contributed by atoms with Crippen LogP contribution in [0.5, 0.6) is 0 Å². The van der Waals surface area contributed by atoms with E-state index in [-0.39, 0.29) is 10.7 Å². The van der Waals surface area contributed by atoms with Gasteiger partial charge in [-0.1, -0.05) is 29.3 Å². The number of methoxy groups -OCH3 is 1. The van der Waals surface area contributed by atoms with Crippen LogP contribution in [0, 0.1) is 0 Å². The largest absolute Gasteiger partial charge is 0.464 e. The maximum atomic E-state index is 11.6. The maximum Gasteiger partial charge on any atom is 0.358 e. The first-order chi connectivity index (χ1) is 9.56. The first-order valence-corrected chi connectivity index (χ1v) is 6.27. The normalized spacial score (nSPS) is 10.2. The lowest BCUT2D eigenvalue weighted by Gasteiger charge is -2.08. The molecule has 0 aliphatic heterocycles. The first kappa shape index (κ1) is 14.6. The third kappa shape index (κ3) is 2.85. The number of hydrogen-bond acceptors (Lipinski definition) is 5. The molecule has 0 spiro atoms. The van der Waals surface area contributed by atoms with Crippen molar-refractivity contribution >= 4 is 34.9 Å². The van der Waals surface area contributed by atoms with Gasteiger partial charge >= 0.3 is 5.97 Å². The van der Waals surface area contributed by atoms with Crippen LogP contribution in [0.1, 0.15) is 10.5 Å². The predicted molar refractivity (Wildman–Crippen MR) is 76.4 cm³/mol. The molecule has 0 bridgehead atoms. The van der Waals surface area contributed by atoms with Gasteiger partial charge in [-0.15, -0.1) is 0 Å². The number of pyridine rings is 1. The number of esters is 1. The van der Waals surface area contributed by atoms with Crippen LogP contribution in [0.3, 0.4) is 0 Å². The third-order valence-corrected chi connectivity index (χ3v) is 3.24. The summed E-state index contributed by atoms with van der Waals surface area (Å²) in [6.45, 7) is 0. The SMILES string of the molecule is COC(=O)c1nc(-c2ccc(Cl)c(NO)c2)ccc1Cl. The highest BCUT2D eigenvalue weighted by Crippen LogP contribution is 2.28. The van der Waals surface area contributed by atoms with Crippen LogP contribution in [0.4, 0.5) is 5.69 Å². The van der Waals surface area contributed by atoms with Crippen molar-refractivity contribution in [2.45, 2.75) is 0 Å². The van der Waals surface area contributed by atoms with Gasteiger partial charge in [0, 0.05) is 5.56 Å². The predicted octanol–water partition coefficient (Wildman–Crippen LogP) is 3.64. The van der Waals surface area contributed by atoms with Crippen molar-refractivity contribution in [2.75, 3.05) is 12.6 Å². The second kappa shape index (κ2) is 6.09. The Kier molecular flexibility index (Phi) is 4.44. The summed E-state index contributed by atoms with van der Waals surface area (Å²) in [4.78, 5) is 15.7. The highest BCUT2D eigenvalue weighted by atomic mass is 35.5. The van der Waals surface area contributed by atoms with Gasteiger partial charge in [0.15, 0.2) is 5.69 Å². The fourth-order valence-corrected chi connectivity index (χ4v) is 1.96. The average molecular weight is 313 g/mol. The molecule has 2 N–H and O–H groups in total. The Hall–Kier alpha value is -1.82. The highest BCUT2D eigenvalue weighted by Gasteiger charge is 2.14. The Bertz CT molecular complexity index is 662. The number of carbonyl (C=O) groups is 1. The van der Waals surface area contributed by atoms with E-state index in [1.165, 1.54) is 7.11 Å². The van der Waals surface area contributed by atoms with Gasteiger partial charge in [-0.05, 0) is 24.3 Å². The van der Waals surface area contributed by atoms with Gasteiger partial charge in [0.1, 0.15) is 0 Å². The Balaban J connectivity index is 2.50. The smallest absolute Gasteiger partial charge is 0.358 e. The molecule has 0 aliphatic rings. The molecule has 7 heteroatoms. The Morgan fingerprint density at radius 2 is 1.95 bits per heavy atom. The molecular weight excluding hydrogens is 303 g/mol. The minimum atomic E-state index is -0.619. The zero-order valence-corrected chi connectivity index (χ0v) is 11.9. The molecule has 20 heavy (non-hydrogen) atoms. The van der Waals surface area contributed by atoms with Gasteiger partial charge in [-0.3, -0.25) is 10.7 Å². The number of carbonyl (C=O) groups excluding carboxylic acids is 1. The summed E-state index contributed by atoms with van der Waals surface area (Å²) in [7, 11) is 1.25. The van der Waals surface area contributed by atoms with Crippen LogP contribution in [-0.4, -0.2) is 23.3 Å². The van der Waals surface area contributed by atoms with Gasteiger partial charge in [-0.25, -0.2) is 9.78 Å². The molecule has 0 unspecified atom stereocenters. The van der Waals surface area contributed by atoms with Gasteiger partial charge < -0.3 is 4.74 Å². The topological polar surface area (TPSA) is 71.5 Å². The first-order valence-electron chi connectivity index (χ1n) is 5.51. The van der Waals surface area contributed by atoms with Crippen molar-refractivity contribution in [3.63, 3.8) is 0 Å². The molecule has 0 saturated heterocycles. The Labute approximate surface area is 125 Å². The van der Waals surface area contributed by atoms with Crippen LogP contribution in [0.25, 0.3) is 11.3 Å². The molecule has 1 heterocycles. The molecule has 0 radical (unpaired) electrons. The van der Waals surface area contributed by atoms with Crippen molar-refractivity contribution in [3.05, 3.63) is 46.1 Å². The van der Waals surface area contributed by atoms with Crippen LogP contribution in [0.2, 0.25) is 10.0 Å². The Morgan fingerprint density at radius 3 is 2.60 bits per heavy atom. The van der Waals surface area contributed by atoms with Crippen molar-refractivity contribution < 1.29 is 14.7 Å². The van der Waals surface area contributed by atoms with E-state index in [0.29, 0.717) is 22.0 Å². The van der Waals surface area contributed by atoms with Crippen LogP contribution >= 0.6 is 23.2 Å². The molecule has 0 aliphatic carbocycles. The fourth-order valence-electron chi connectivity index (χ4n) is 1.61. The molecule has 2 rings (SSSR count). The van der Waals surface area contributed by atoms with Crippen LogP contribution < -0.4 is 5.48 Å². The van der Waals surface area contributed by atoms with E-state index in [4.69, 9.17) is 28.4 Å². The summed E-state index contributed by atoms with van der Waals surface area (Å²) in [6, 6.07) is 8.11. The van der Waals surface area contributed by atoms with Gasteiger partial charge in [0.05, 0.1) is 28.5 Å². The number of rotatable bonds is 3. The summed E-state index contributed by atoms with van der Waals surface area (Å²) >= 11 is 11.8. The molecular formula is C13H10Cl2N2O3. The molecule has 1 aromatic carbocycles. The number of nitrogens with zero attached hydrogens (tertiary/aromatic N) is 1. The molecule has 2 aromatic rings. The lowest BCUT2D eigenvalue weighted by Crippen LogP contribution is -2.06. The zero-order chi connectivity index (χ0) is 14.7. The number of nitrogens with one attached hydrogen (secondary N) is 1. The highest BCUT2D eigenvalue weighted by molar-refractivity contribution is 6.33. The maximum absolute atomic E-state index is 11.6. The summed E-state index contributed by atoms with van der Waals surface area (Å²) in [5.41, 5.74) is 3.51. The van der Waals surface area contributed by atoms with Gasteiger partial charge in [-0.2, -0.15) is 0 Å². The quantitative estimate of drug-likeness (QED) is 0.668. The molecule has 104 valence electrons. The number of halogens is 2. The van der Waals surface area contributed by atoms with Crippen molar-refractivity contribution in [2.24, 2.45) is 0 Å². The summed E-state index contributed by atoms with van der Waals surface area (Å²) in [5.74, 6) is -0.619. The lowest BCUT2D eigenvalue weighted by molar-refractivity contribution is 0.0594. The number of benzene rings is 1. The monoisotopic (exact) mass is 312 g/mol. The summed E-state index contributed by atoms with van der Waals surface area (Å²) in [5, 5.41) is 9.53. The number of anilines is 1. The summed E-state index contributed by atoms with van der Waals surface area (Å²) < 4.78 is 4.61. The molecule has 0 amide bonds. The lowest BCUT2D eigenvalue weighted by atomic mass is 10.1. The van der Waals surface area contributed by atoms with Gasteiger partial charge in [0.25, 0.3) is 0 Å². The van der Waals surface area contributed by atoms with Crippen LogP contribution in [0.15, 0.2) is 30.3 Å². The van der Waals surface area contributed by atoms with E-state index in [0.717, 1.165) is 0 Å². The number of aromatic nitrogens is 1. The number of hydrogen-bond donors (Lipinski definition) is 2. The standard InChI is InChI=1S/C13H10Cl2N2O3/c1-20-13(18)12-9(15)4-5-10(16-12)7-2-3-8(14)11(6-7)17-19/h2-6,17,19H,1H3. The molecule has 0 fully saturated rings. The average Bonchev–Trinajstić information content (AvgIpc) is 2.47. The van der Waals surface area contributed by atoms with E-state index in [9.17, 15) is 4.79 Å². The second-order valence-corrected chi connectivity index (χ2v) is 4.64. The van der Waals surface area contributed by atoms with E-state index in [2.05, 4.69) is 9.72 Å². The van der Waals surface area contributed by atoms with E-state index in [1.807, 2.05) is 5.48 Å². The van der Waals surface area contributed by atoms with E-state index < -0.39 is 5.97 Å². The second-order valence-electron chi connectivity index (χ2n) is 3.82. The zero-order valence-electron chi connectivity index (χ0n) is 10.4. The van der Waals surface area contributed by atoms with Crippen molar-refractivity contribution in [1.29, 1.82) is 0 Å². The fraction of sp³-hybridized carbons (Fsp3) is 0.0769. The molecule has 1 aromatic heterocycles. The number of ether oxygens (including phenoxy) is 1. The summed E-state index contributed by atoms with van der Waals surface area (Å²) in [6.07, 6.45) is 0. The Morgan fingerprint density at radius 1 is 1.25 bits per heavy atom. The molecule has 5 nitrogen and oxygen atoms in total. The van der Waals surface area contributed by atoms with E-state index in [1.54, 1.807) is 30.3 Å². The minimum Gasteiger partial charge on any atom is -0.464 e. The van der Waals surface area contributed by atoms with Crippen molar-refractivity contribution in [1.82, 2.24) is 4.98 Å².